The van der Waals surface area contributed by atoms with Crippen molar-refractivity contribution in [3.63, 3.8) is 0 Å². The van der Waals surface area contributed by atoms with Crippen LogP contribution in [0.4, 0.5) is 0 Å². The Morgan fingerprint density at radius 2 is 1.06 bits per heavy atom. The smallest absolute Gasteiger partial charge is 0.268 e. The number of piperidine rings is 1. The highest BCUT2D eigenvalue weighted by Gasteiger charge is 2.26. The van der Waals surface area contributed by atoms with Gasteiger partial charge < -0.3 is 18.8 Å². The molecule has 1 heterocycles. The Kier molecular flexibility index (Phi) is 21.9. The van der Waals surface area contributed by atoms with Gasteiger partial charge in [-0.05, 0) is 19.3 Å². The molecular formula is C29H60NO4P. The van der Waals surface area contributed by atoms with Gasteiger partial charge in [0.25, 0.3) is 7.82 Å². The van der Waals surface area contributed by atoms with Crippen molar-refractivity contribution in [2.45, 2.75) is 161 Å². The Morgan fingerprint density at radius 3 is 1.51 bits per heavy atom. The second-order valence-electron chi connectivity index (χ2n) is 10.9. The molecule has 1 atom stereocenters. The average Bonchev–Trinajstić information content (AvgIpc) is 2.84. The Morgan fingerprint density at radius 1 is 0.657 bits per heavy atom. The fourth-order valence-electron chi connectivity index (χ4n) is 5.20. The molecule has 1 fully saturated rings. The van der Waals surface area contributed by atoms with Crippen molar-refractivity contribution in [1.29, 1.82) is 0 Å². The molecule has 0 saturated carbocycles. The standard InChI is InChI=1S/C29H60NO4P/c1-3-5-7-9-11-12-13-14-15-16-17-18-19-21-25-30-26-23-29(24-27-30)34-35(31,32)33-28-22-20-10-8-6-4-2/h29H,3-28H2,1-2H3,(H,31,32). The fourth-order valence-corrected chi connectivity index (χ4v) is 6.19. The molecule has 0 radical (unpaired) electrons. The monoisotopic (exact) mass is 517 g/mol. The molecule has 1 saturated heterocycles. The Hall–Kier alpha value is 0.0700. The number of hydrogen-bond donors (Lipinski definition) is 1. The largest absolute Gasteiger partial charge is 0.756 e. The van der Waals surface area contributed by atoms with Gasteiger partial charge in [0.1, 0.15) is 0 Å². The third-order valence-corrected chi connectivity index (χ3v) is 8.60. The van der Waals surface area contributed by atoms with Gasteiger partial charge >= 0.3 is 0 Å². The second kappa shape index (κ2) is 23.2. The summed E-state index contributed by atoms with van der Waals surface area (Å²) in [5.41, 5.74) is 0. The van der Waals surface area contributed by atoms with E-state index in [9.17, 15) is 9.46 Å². The summed E-state index contributed by atoms with van der Waals surface area (Å²) >= 11 is 0. The van der Waals surface area contributed by atoms with Crippen molar-refractivity contribution < 1.29 is 23.4 Å². The molecular weight excluding hydrogens is 457 g/mol. The Balaban J connectivity index is 1.90. The topological polar surface area (TPSA) is 63.0 Å². The van der Waals surface area contributed by atoms with Gasteiger partial charge in [0.2, 0.25) is 0 Å². The molecule has 210 valence electrons. The second-order valence-corrected chi connectivity index (χ2v) is 12.3. The van der Waals surface area contributed by atoms with Gasteiger partial charge in [0.15, 0.2) is 0 Å². The van der Waals surface area contributed by atoms with Crippen molar-refractivity contribution in [2.75, 3.05) is 26.2 Å². The maximum absolute atomic E-state index is 12.1. The molecule has 0 amide bonds. The van der Waals surface area contributed by atoms with Crippen molar-refractivity contribution in [3.8, 4) is 0 Å². The van der Waals surface area contributed by atoms with Crippen LogP contribution in [0.3, 0.4) is 0 Å². The molecule has 1 aliphatic heterocycles. The van der Waals surface area contributed by atoms with E-state index >= 15 is 0 Å². The van der Waals surface area contributed by atoms with Gasteiger partial charge in [-0.2, -0.15) is 0 Å². The van der Waals surface area contributed by atoms with E-state index < -0.39 is 7.82 Å². The quantitative estimate of drug-likeness (QED) is 0.101. The number of phosphoric acid groups is 1. The van der Waals surface area contributed by atoms with Gasteiger partial charge in [-0.1, -0.05) is 123 Å². The van der Waals surface area contributed by atoms with E-state index in [2.05, 4.69) is 13.8 Å². The highest BCUT2D eigenvalue weighted by Crippen LogP contribution is 2.41. The first-order chi connectivity index (χ1) is 17.1. The highest BCUT2D eigenvalue weighted by atomic mass is 31.2. The molecule has 0 aromatic carbocycles. The molecule has 1 aliphatic rings. The van der Waals surface area contributed by atoms with E-state index in [1.807, 2.05) is 0 Å². The molecule has 0 aromatic heterocycles. The Labute approximate surface area is 218 Å². The minimum absolute atomic E-state index is 0.192. The van der Waals surface area contributed by atoms with Gasteiger partial charge in [0.05, 0.1) is 32.3 Å². The van der Waals surface area contributed by atoms with E-state index in [-0.39, 0.29) is 12.7 Å². The van der Waals surface area contributed by atoms with Crippen LogP contribution >= 0.6 is 7.82 Å². The molecule has 0 bridgehead atoms. The van der Waals surface area contributed by atoms with Gasteiger partial charge in [-0.25, -0.2) is 0 Å². The summed E-state index contributed by atoms with van der Waals surface area (Å²) in [6, 6.07) is 0. The summed E-state index contributed by atoms with van der Waals surface area (Å²) in [6.07, 6.45) is 27.7. The zero-order valence-corrected chi connectivity index (χ0v) is 24.4. The normalized spacial score (nSPS) is 20.2. The van der Waals surface area contributed by atoms with Crippen LogP contribution < -0.4 is 9.79 Å². The van der Waals surface area contributed by atoms with Crippen LogP contribution in [0.25, 0.3) is 0 Å². The summed E-state index contributed by atoms with van der Waals surface area (Å²) in [7, 11) is -4.15. The van der Waals surface area contributed by atoms with E-state index in [1.165, 1.54) is 116 Å². The number of rotatable bonds is 25. The number of unbranched alkanes of at least 4 members (excludes halogenated alkanes) is 18. The van der Waals surface area contributed by atoms with Crippen LogP contribution in [-0.2, 0) is 13.6 Å². The SMILES string of the molecule is CCCCCCCCCCCCCCCC[NH+]1CCC(OP(=O)([O-])OCCCCCCCC)CC1. The van der Waals surface area contributed by atoms with E-state index in [1.54, 1.807) is 4.90 Å². The molecule has 0 aromatic rings. The summed E-state index contributed by atoms with van der Waals surface area (Å²) < 4.78 is 22.6. The first kappa shape index (κ1) is 33.1. The predicted octanol–water partition coefficient (Wildman–Crippen LogP) is 7.38. The Bertz CT molecular complexity index is 497. The molecule has 1 N–H and O–H groups in total. The third kappa shape index (κ3) is 20.8. The predicted molar refractivity (Wildman–Crippen MR) is 147 cm³/mol. The lowest BCUT2D eigenvalue weighted by molar-refractivity contribution is -0.906. The number of phosphoric ester groups is 1. The van der Waals surface area contributed by atoms with E-state index in [0.29, 0.717) is 0 Å². The maximum Gasteiger partial charge on any atom is 0.268 e. The lowest BCUT2D eigenvalue weighted by Gasteiger charge is -2.33. The zero-order valence-electron chi connectivity index (χ0n) is 23.5. The maximum atomic E-state index is 12.1. The van der Waals surface area contributed by atoms with Crippen molar-refractivity contribution >= 4 is 7.82 Å². The third-order valence-electron chi connectivity index (χ3n) is 7.55. The van der Waals surface area contributed by atoms with Crippen molar-refractivity contribution in [1.82, 2.24) is 0 Å². The average molecular weight is 518 g/mol. The lowest BCUT2D eigenvalue weighted by atomic mass is 10.0. The van der Waals surface area contributed by atoms with Crippen molar-refractivity contribution in [3.05, 3.63) is 0 Å². The molecule has 6 heteroatoms. The minimum Gasteiger partial charge on any atom is -0.756 e. The molecule has 35 heavy (non-hydrogen) atoms. The molecule has 5 nitrogen and oxygen atoms in total. The molecule has 0 spiro atoms. The van der Waals surface area contributed by atoms with E-state index in [4.69, 9.17) is 9.05 Å². The number of quaternary nitrogens is 1. The number of likely N-dealkylation sites (tertiary alicyclic amines) is 1. The van der Waals surface area contributed by atoms with Crippen LogP contribution in [-0.4, -0.2) is 32.3 Å². The van der Waals surface area contributed by atoms with Gasteiger partial charge in [-0.3, -0.25) is 4.57 Å². The first-order valence-corrected chi connectivity index (χ1v) is 17.0. The molecule has 1 rings (SSSR count). The van der Waals surface area contributed by atoms with Crippen LogP contribution in [0.15, 0.2) is 0 Å². The lowest BCUT2D eigenvalue weighted by Crippen LogP contribution is -3.13. The summed E-state index contributed by atoms with van der Waals surface area (Å²) in [5.74, 6) is 0. The number of nitrogens with one attached hydrogen (secondary N) is 1. The van der Waals surface area contributed by atoms with Crippen LogP contribution in [0.5, 0.6) is 0 Å². The van der Waals surface area contributed by atoms with Gasteiger partial charge in [0, 0.05) is 12.8 Å². The van der Waals surface area contributed by atoms with Crippen LogP contribution in [0.1, 0.15) is 155 Å². The summed E-state index contributed by atoms with van der Waals surface area (Å²) in [4.78, 5) is 13.7. The van der Waals surface area contributed by atoms with Crippen LogP contribution in [0, 0.1) is 0 Å². The first-order valence-electron chi connectivity index (χ1n) is 15.5. The highest BCUT2D eigenvalue weighted by molar-refractivity contribution is 7.45. The minimum atomic E-state index is -4.15. The molecule has 0 aliphatic carbocycles. The van der Waals surface area contributed by atoms with Gasteiger partial charge in [-0.15, -0.1) is 0 Å². The summed E-state index contributed by atoms with van der Waals surface area (Å²) in [6.45, 7) is 7.98. The number of hydrogen-bond acceptors (Lipinski definition) is 4. The zero-order chi connectivity index (χ0) is 25.5. The van der Waals surface area contributed by atoms with Crippen LogP contribution in [0.2, 0.25) is 0 Å². The fraction of sp³-hybridized carbons (Fsp3) is 1.00. The van der Waals surface area contributed by atoms with E-state index in [0.717, 1.165) is 45.2 Å². The van der Waals surface area contributed by atoms with Crippen molar-refractivity contribution in [2.24, 2.45) is 0 Å². The molecule has 1 unspecified atom stereocenters. The summed E-state index contributed by atoms with van der Waals surface area (Å²) in [5, 5.41) is 0.